The van der Waals surface area contributed by atoms with Crippen molar-refractivity contribution in [1.82, 2.24) is 4.31 Å². The summed E-state index contributed by atoms with van der Waals surface area (Å²) in [6.45, 7) is 7.48. The van der Waals surface area contributed by atoms with Crippen LogP contribution in [-0.2, 0) is 19.6 Å². The van der Waals surface area contributed by atoms with E-state index >= 15 is 0 Å². The maximum atomic E-state index is 13.0. The van der Waals surface area contributed by atoms with Crippen LogP contribution < -0.4 is 0 Å². The summed E-state index contributed by atoms with van der Waals surface area (Å²) < 4.78 is 31.8. The Labute approximate surface area is 155 Å². The van der Waals surface area contributed by atoms with Gasteiger partial charge in [-0.1, -0.05) is 19.6 Å². The highest BCUT2D eigenvalue weighted by atomic mass is 32.2. The van der Waals surface area contributed by atoms with Crippen LogP contribution in [0.1, 0.15) is 6.92 Å². The molecule has 2 rings (SSSR count). The molecule has 0 radical (unpaired) electrons. The molecule has 1 unspecified atom stereocenters. The molecule has 150 valence electrons. The Morgan fingerprint density at radius 1 is 1.31 bits per heavy atom. The maximum Gasteiger partial charge on any atom is 0.247 e. The lowest BCUT2D eigenvalue weighted by atomic mass is 9.76. The minimum absolute atomic E-state index is 0.117. The summed E-state index contributed by atoms with van der Waals surface area (Å²) in [5.41, 5.74) is 0. The minimum Gasteiger partial charge on any atom is -0.500 e. The molecule has 0 aromatic heterocycles. The van der Waals surface area contributed by atoms with Gasteiger partial charge < -0.3 is 20.1 Å². The molecule has 1 aliphatic heterocycles. The Kier molecular flexibility index (Phi) is 5.94. The number of fused-ring (bicyclic) bond motifs is 1. The number of nitrogens with zero attached hydrogens (tertiary/aromatic N) is 1. The van der Waals surface area contributed by atoms with Crippen molar-refractivity contribution in [3.05, 3.63) is 11.8 Å². The molecule has 0 aromatic carbocycles. The maximum absolute atomic E-state index is 13.0. The molecule has 1 heterocycles. The number of hydrogen-bond acceptors (Lipinski definition) is 7. The largest absolute Gasteiger partial charge is 0.500 e. The van der Waals surface area contributed by atoms with Crippen LogP contribution in [0, 0.1) is 11.8 Å². The SMILES string of the molecule is COC1=C[C@@H](O)[C@H](O)[C@@H]2C1C(=O)N(S(=O)(=O)CC[Si](C)(C)C)[C@H]2[C@@H](C)O. The van der Waals surface area contributed by atoms with Gasteiger partial charge in [0.25, 0.3) is 0 Å². The highest BCUT2D eigenvalue weighted by Gasteiger charge is 2.60. The van der Waals surface area contributed by atoms with E-state index in [1.807, 2.05) is 19.6 Å². The standard InChI is InChI=1S/C16H29NO7SSi/c1-9(18)14-13-12(11(24-2)8-10(19)15(13)20)16(21)17(14)25(22,23)6-7-26(3,4)5/h8-10,12-15,18-20H,6-7H2,1-5H3/t9-,10-,12?,13-,14+,15+/m1/s1. The van der Waals surface area contributed by atoms with Crippen molar-refractivity contribution in [2.45, 2.75) is 57.0 Å². The van der Waals surface area contributed by atoms with E-state index in [1.54, 1.807) is 0 Å². The summed E-state index contributed by atoms with van der Waals surface area (Å²) in [5, 5.41) is 30.7. The number of sulfonamides is 1. The Morgan fingerprint density at radius 3 is 2.35 bits per heavy atom. The number of methoxy groups -OCH3 is 1. The van der Waals surface area contributed by atoms with Crippen LogP contribution in [0.4, 0.5) is 0 Å². The summed E-state index contributed by atoms with van der Waals surface area (Å²) in [6.07, 6.45) is -2.65. The van der Waals surface area contributed by atoms with Gasteiger partial charge in [-0.15, -0.1) is 0 Å². The van der Waals surface area contributed by atoms with Crippen LogP contribution in [0.15, 0.2) is 11.8 Å². The fraction of sp³-hybridized carbons (Fsp3) is 0.812. The van der Waals surface area contributed by atoms with Crippen LogP contribution >= 0.6 is 0 Å². The van der Waals surface area contributed by atoms with Gasteiger partial charge in [-0.05, 0) is 19.0 Å². The molecular weight excluding hydrogens is 378 g/mol. The van der Waals surface area contributed by atoms with E-state index in [1.165, 1.54) is 20.1 Å². The molecule has 2 aliphatic rings. The number of carbonyl (C=O) groups excluding carboxylic acids is 1. The van der Waals surface area contributed by atoms with Gasteiger partial charge in [0, 0.05) is 14.0 Å². The third kappa shape index (κ3) is 3.84. The van der Waals surface area contributed by atoms with E-state index in [2.05, 4.69) is 0 Å². The molecule has 8 nitrogen and oxygen atoms in total. The van der Waals surface area contributed by atoms with Crippen molar-refractivity contribution in [3.63, 3.8) is 0 Å². The fourth-order valence-corrected chi connectivity index (χ4v) is 8.43. The van der Waals surface area contributed by atoms with Gasteiger partial charge in [-0.2, -0.15) is 0 Å². The zero-order chi connectivity index (χ0) is 20.0. The zero-order valence-electron chi connectivity index (χ0n) is 15.8. The Bertz CT molecular complexity index is 685. The molecule has 1 saturated heterocycles. The molecule has 3 N–H and O–H groups in total. The molecule has 26 heavy (non-hydrogen) atoms. The summed E-state index contributed by atoms with van der Waals surface area (Å²) >= 11 is 0. The van der Waals surface area contributed by atoms with Crippen LogP contribution in [0.2, 0.25) is 25.7 Å². The van der Waals surface area contributed by atoms with Gasteiger partial charge in [0.1, 0.15) is 17.8 Å². The second-order valence-electron chi connectivity index (χ2n) is 8.30. The van der Waals surface area contributed by atoms with E-state index in [4.69, 9.17) is 4.74 Å². The van der Waals surface area contributed by atoms with Crippen LogP contribution in [0.25, 0.3) is 0 Å². The quantitative estimate of drug-likeness (QED) is 0.518. The number of amides is 1. The van der Waals surface area contributed by atoms with E-state index in [-0.39, 0.29) is 11.5 Å². The number of carbonyl (C=O) groups is 1. The molecule has 10 heteroatoms. The van der Waals surface area contributed by atoms with Gasteiger partial charge in [-0.25, -0.2) is 12.7 Å². The number of hydrogen-bond donors (Lipinski definition) is 3. The highest BCUT2D eigenvalue weighted by molar-refractivity contribution is 7.89. The van der Waals surface area contributed by atoms with E-state index < -0.39 is 60.2 Å². The second-order valence-corrected chi connectivity index (χ2v) is 15.9. The van der Waals surface area contributed by atoms with Crippen molar-refractivity contribution in [1.29, 1.82) is 0 Å². The van der Waals surface area contributed by atoms with E-state index in [0.717, 1.165) is 4.31 Å². The normalized spacial score (nSPS) is 33.7. The van der Waals surface area contributed by atoms with Crippen molar-refractivity contribution in [2.24, 2.45) is 11.8 Å². The molecule has 1 fully saturated rings. The van der Waals surface area contributed by atoms with Gasteiger partial charge in [0.2, 0.25) is 15.9 Å². The molecule has 1 amide bonds. The average molecular weight is 408 g/mol. The highest BCUT2D eigenvalue weighted by Crippen LogP contribution is 2.45. The van der Waals surface area contributed by atoms with E-state index in [9.17, 15) is 28.5 Å². The first kappa shape index (κ1) is 21.4. The lowest BCUT2D eigenvalue weighted by Crippen LogP contribution is -2.51. The van der Waals surface area contributed by atoms with Crippen molar-refractivity contribution in [2.75, 3.05) is 12.9 Å². The first-order chi connectivity index (χ1) is 11.8. The first-order valence-corrected chi connectivity index (χ1v) is 14.0. The fourth-order valence-electron chi connectivity index (χ4n) is 3.68. The topological polar surface area (TPSA) is 124 Å². The van der Waals surface area contributed by atoms with Crippen LogP contribution in [0.3, 0.4) is 0 Å². The third-order valence-electron chi connectivity index (χ3n) is 5.06. The smallest absolute Gasteiger partial charge is 0.247 e. The Morgan fingerprint density at radius 2 is 1.88 bits per heavy atom. The lowest BCUT2D eigenvalue weighted by Gasteiger charge is -2.36. The molecule has 0 spiro atoms. The molecule has 0 aromatic rings. The third-order valence-corrected chi connectivity index (χ3v) is 8.91. The lowest BCUT2D eigenvalue weighted by molar-refractivity contribution is -0.128. The molecule has 0 bridgehead atoms. The van der Waals surface area contributed by atoms with Crippen LogP contribution in [0.5, 0.6) is 0 Å². The number of aliphatic hydroxyl groups excluding tert-OH is 3. The van der Waals surface area contributed by atoms with Crippen LogP contribution in [-0.4, -0.2) is 79.2 Å². The summed E-state index contributed by atoms with van der Waals surface area (Å²) in [7, 11) is -4.34. The average Bonchev–Trinajstić information content (AvgIpc) is 2.83. The number of rotatable bonds is 6. The summed E-state index contributed by atoms with van der Waals surface area (Å²) in [4.78, 5) is 13.0. The summed E-state index contributed by atoms with van der Waals surface area (Å²) in [6, 6.07) is -0.679. The van der Waals surface area contributed by atoms with Crippen molar-refractivity contribution < 1.29 is 33.3 Å². The predicted octanol–water partition coefficient (Wildman–Crippen LogP) is -0.256. The molecule has 6 atom stereocenters. The van der Waals surface area contributed by atoms with E-state index in [0.29, 0.717) is 6.04 Å². The second kappa shape index (κ2) is 7.23. The van der Waals surface area contributed by atoms with Gasteiger partial charge >= 0.3 is 0 Å². The van der Waals surface area contributed by atoms with Gasteiger partial charge in [0.05, 0.1) is 31.1 Å². The monoisotopic (exact) mass is 407 g/mol. The predicted molar refractivity (Wildman–Crippen MR) is 98.3 cm³/mol. The van der Waals surface area contributed by atoms with Gasteiger partial charge in [0.15, 0.2) is 0 Å². The molecule has 1 aliphatic carbocycles. The van der Waals surface area contributed by atoms with Gasteiger partial charge in [-0.3, -0.25) is 4.79 Å². The Hall–Kier alpha value is -0.943. The zero-order valence-corrected chi connectivity index (χ0v) is 17.6. The van der Waals surface area contributed by atoms with Crippen molar-refractivity contribution >= 4 is 24.0 Å². The number of ether oxygens (including phenoxy) is 1. The molecular formula is C16H29NO7SSi. The first-order valence-electron chi connectivity index (χ1n) is 8.67. The summed E-state index contributed by atoms with van der Waals surface area (Å²) in [5.74, 6) is -2.82. The Balaban J connectivity index is 2.48. The van der Waals surface area contributed by atoms with Crippen molar-refractivity contribution in [3.8, 4) is 0 Å². The molecule has 0 saturated carbocycles. The number of aliphatic hydroxyl groups is 3. The minimum atomic E-state index is -3.98.